The van der Waals surface area contributed by atoms with E-state index in [-0.39, 0.29) is 11.7 Å². The van der Waals surface area contributed by atoms with Crippen LogP contribution in [0.15, 0.2) is 73.2 Å². The highest BCUT2D eigenvalue weighted by Gasteiger charge is 2.19. The Hall–Kier alpha value is -4.86. The van der Waals surface area contributed by atoms with Crippen molar-refractivity contribution in [2.24, 2.45) is 0 Å². The third-order valence-corrected chi connectivity index (χ3v) is 6.67. The molecule has 2 aromatic carbocycles. The predicted molar refractivity (Wildman–Crippen MR) is 148 cm³/mol. The van der Waals surface area contributed by atoms with Crippen molar-refractivity contribution in [1.29, 1.82) is 0 Å². The number of aromatic nitrogens is 5. The Balaban J connectivity index is 1.34. The molecule has 3 aromatic heterocycles. The van der Waals surface area contributed by atoms with E-state index in [1.807, 2.05) is 48.2 Å². The fourth-order valence-corrected chi connectivity index (χ4v) is 4.63. The molecule has 1 aliphatic rings. The molecule has 0 saturated carbocycles. The van der Waals surface area contributed by atoms with Crippen LogP contribution in [0.3, 0.4) is 0 Å². The average Bonchev–Trinajstić information content (AvgIpc) is 3.39. The van der Waals surface area contributed by atoms with Gasteiger partial charge in [0, 0.05) is 30.5 Å². The molecule has 4 heterocycles. The number of amides is 1. The highest BCUT2D eigenvalue weighted by atomic mass is 19.1. The summed E-state index contributed by atoms with van der Waals surface area (Å²) in [7, 11) is 0. The van der Waals surface area contributed by atoms with Crippen LogP contribution in [0.5, 0.6) is 0 Å². The molecule has 1 saturated heterocycles. The van der Waals surface area contributed by atoms with E-state index in [1.165, 1.54) is 18.6 Å². The number of rotatable bonds is 6. The van der Waals surface area contributed by atoms with Gasteiger partial charge in [0.25, 0.3) is 5.91 Å². The zero-order valence-electron chi connectivity index (χ0n) is 21.4. The Labute approximate surface area is 224 Å². The van der Waals surface area contributed by atoms with Gasteiger partial charge in [-0.1, -0.05) is 12.1 Å². The highest BCUT2D eigenvalue weighted by molar-refractivity contribution is 5.95. The van der Waals surface area contributed by atoms with Crippen molar-refractivity contribution in [3.8, 4) is 5.69 Å². The monoisotopic (exact) mass is 522 g/mol. The van der Waals surface area contributed by atoms with Gasteiger partial charge in [-0.15, -0.1) is 0 Å². The van der Waals surface area contributed by atoms with Gasteiger partial charge in [0.2, 0.25) is 5.95 Å². The van der Waals surface area contributed by atoms with E-state index in [2.05, 4.69) is 30.6 Å². The summed E-state index contributed by atoms with van der Waals surface area (Å²) in [6, 6.07) is 17.4. The maximum absolute atomic E-state index is 14.0. The maximum Gasteiger partial charge on any atom is 0.253 e. The van der Waals surface area contributed by atoms with Crippen LogP contribution >= 0.6 is 0 Å². The quantitative estimate of drug-likeness (QED) is 0.292. The summed E-state index contributed by atoms with van der Waals surface area (Å²) in [4.78, 5) is 33.1. The second-order valence-electron chi connectivity index (χ2n) is 9.56. The fourth-order valence-electron chi connectivity index (χ4n) is 4.63. The molecular weight excluding hydrogens is 495 g/mol. The summed E-state index contributed by atoms with van der Waals surface area (Å²) in [6.45, 7) is 3.57. The minimum absolute atomic E-state index is 0.0524. The Kier molecular flexibility index (Phi) is 6.58. The highest BCUT2D eigenvalue weighted by Crippen LogP contribution is 2.28. The van der Waals surface area contributed by atoms with E-state index in [9.17, 15) is 9.18 Å². The molecule has 0 unspecified atom stereocenters. The molecule has 39 heavy (non-hydrogen) atoms. The molecule has 196 valence electrons. The molecule has 10 heteroatoms. The number of carbonyl (C=O) groups excluding carboxylic acids is 1. The summed E-state index contributed by atoms with van der Waals surface area (Å²) in [5.74, 6) is 1.04. The second kappa shape index (κ2) is 10.5. The Morgan fingerprint density at radius 1 is 0.923 bits per heavy atom. The smallest absolute Gasteiger partial charge is 0.253 e. The molecule has 0 radical (unpaired) electrons. The number of hydrogen-bond donors (Lipinski definition) is 2. The lowest BCUT2D eigenvalue weighted by molar-refractivity contribution is 0.0724. The summed E-state index contributed by atoms with van der Waals surface area (Å²) >= 11 is 0. The first kappa shape index (κ1) is 24.5. The Bertz CT molecular complexity index is 1630. The molecule has 6 rings (SSSR count). The molecular formula is C29H27FN8O. The third kappa shape index (κ3) is 5.26. The Morgan fingerprint density at radius 3 is 2.49 bits per heavy atom. The number of imidazole rings is 1. The predicted octanol–water partition coefficient (Wildman–Crippen LogP) is 5.77. The summed E-state index contributed by atoms with van der Waals surface area (Å²) in [5, 5.41) is 6.47. The minimum Gasteiger partial charge on any atom is -0.339 e. The van der Waals surface area contributed by atoms with E-state index in [0.29, 0.717) is 40.0 Å². The fraction of sp³-hybridized carbons (Fsp3) is 0.207. The summed E-state index contributed by atoms with van der Waals surface area (Å²) < 4.78 is 15.7. The first-order valence-electron chi connectivity index (χ1n) is 12.9. The van der Waals surface area contributed by atoms with Gasteiger partial charge < -0.3 is 15.5 Å². The van der Waals surface area contributed by atoms with Crippen LogP contribution in [0.1, 0.15) is 35.2 Å². The molecule has 2 N–H and O–H groups in total. The van der Waals surface area contributed by atoms with E-state index in [1.54, 1.807) is 29.2 Å². The SMILES string of the molecule is Cc1ccc(Nc2nc(Nc3ccc(C(=O)N4CCCCC4)cc3)c3ncn(-c4cccc(F)c4)c3n2)nc1. The van der Waals surface area contributed by atoms with Crippen molar-refractivity contribution in [2.45, 2.75) is 26.2 Å². The van der Waals surface area contributed by atoms with Gasteiger partial charge in [-0.05, 0) is 80.3 Å². The van der Waals surface area contributed by atoms with Crippen LogP contribution in [-0.2, 0) is 0 Å². The zero-order valence-corrected chi connectivity index (χ0v) is 21.4. The van der Waals surface area contributed by atoms with Crippen LogP contribution in [0.2, 0.25) is 0 Å². The van der Waals surface area contributed by atoms with Crippen molar-refractivity contribution < 1.29 is 9.18 Å². The van der Waals surface area contributed by atoms with Crippen LogP contribution in [0.25, 0.3) is 16.9 Å². The van der Waals surface area contributed by atoms with E-state index in [0.717, 1.165) is 37.2 Å². The average molecular weight is 523 g/mol. The van der Waals surface area contributed by atoms with E-state index < -0.39 is 0 Å². The number of aryl methyl sites for hydroxylation is 1. The number of halogens is 1. The van der Waals surface area contributed by atoms with Crippen LogP contribution < -0.4 is 10.6 Å². The standard InChI is InChI=1S/C29H27FN8O/c1-19-8-13-24(31-17-19)34-29-35-26(25-27(36-29)38(18-32-25)23-7-5-6-21(30)16-23)33-22-11-9-20(10-12-22)28(39)37-14-3-2-4-15-37/h5-13,16-18H,2-4,14-15H2,1H3,(H2,31,33,34,35,36). The normalized spacial score (nSPS) is 13.4. The van der Waals surface area contributed by atoms with Gasteiger partial charge in [-0.2, -0.15) is 9.97 Å². The van der Waals surface area contributed by atoms with Gasteiger partial charge in [0.15, 0.2) is 17.0 Å². The molecule has 1 amide bonds. The number of carbonyl (C=O) groups is 1. The largest absolute Gasteiger partial charge is 0.339 e. The summed E-state index contributed by atoms with van der Waals surface area (Å²) in [5.41, 5.74) is 4.01. The van der Waals surface area contributed by atoms with Crippen LogP contribution in [-0.4, -0.2) is 48.4 Å². The van der Waals surface area contributed by atoms with Gasteiger partial charge in [0.05, 0.1) is 5.69 Å². The zero-order chi connectivity index (χ0) is 26.8. The number of nitrogens with zero attached hydrogens (tertiary/aromatic N) is 6. The van der Waals surface area contributed by atoms with Crippen LogP contribution in [0.4, 0.5) is 27.7 Å². The van der Waals surface area contributed by atoms with Crippen molar-refractivity contribution >= 4 is 40.3 Å². The molecule has 0 atom stereocenters. The molecule has 0 bridgehead atoms. The van der Waals surface area contributed by atoms with Gasteiger partial charge in [0.1, 0.15) is 18.0 Å². The van der Waals surface area contributed by atoms with E-state index in [4.69, 9.17) is 0 Å². The number of fused-ring (bicyclic) bond motifs is 1. The lowest BCUT2D eigenvalue weighted by Gasteiger charge is -2.26. The first-order chi connectivity index (χ1) is 19.0. The number of likely N-dealkylation sites (tertiary alicyclic amines) is 1. The molecule has 1 aliphatic heterocycles. The van der Waals surface area contributed by atoms with Gasteiger partial charge >= 0.3 is 0 Å². The van der Waals surface area contributed by atoms with Crippen molar-refractivity contribution in [3.63, 3.8) is 0 Å². The third-order valence-electron chi connectivity index (χ3n) is 6.67. The van der Waals surface area contributed by atoms with Crippen molar-refractivity contribution in [3.05, 3.63) is 90.1 Å². The number of hydrogen-bond acceptors (Lipinski definition) is 7. The van der Waals surface area contributed by atoms with E-state index >= 15 is 0 Å². The molecule has 0 aliphatic carbocycles. The number of pyridine rings is 1. The maximum atomic E-state index is 14.0. The topological polar surface area (TPSA) is 101 Å². The first-order valence-corrected chi connectivity index (χ1v) is 12.9. The second-order valence-corrected chi connectivity index (χ2v) is 9.56. The Morgan fingerprint density at radius 2 is 1.74 bits per heavy atom. The molecule has 5 aromatic rings. The molecule has 9 nitrogen and oxygen atoms in total. The number of benzene rings is 2. The summed E-state index contributed by atoms with van der Waals surface area (Å²) in [6.07, 6.45) is 6.61. The lowest BCUT2D eigenvalue weighted by Crippen LogP contribution is -2.35. The van der Waals surface area contributed by atoms with Crippen molar-refractivity contribution in [1.82, 2.24) is 29.4 Å². The van der Waals surface area contributed by atoms with Gasteiger partial charge in [-0.3, -0.25) is 9.36 Å². The number of nitrogens with one attached hydrogen (secondary N) is 2. The number of anilines is 4. The minimum atomic E-state index is -0.358. The molecule has 0 spiro atoms. The van der Waals surface area contributed by atoms with Gasteiger partial charge in [-0.25, -0.2) is 14.4 Å². The number of piperidine rings is 1. The van der Waals surface area contributed by atoms with Crippen molar-refractivity contribution in [2.75, 3.05) is 23.7 Å². The van der Waals surface area contributed by atoms with Crippen LogP contribution in [0, 0.1) is 12.7 Å². The molecule has 1 fully saturated rings. The lowest BCUT2D eigenvalue weighted by atomic mass is 10.1.